The smallest absolute Gasteiger partial charge is 0.264 e. The molecule has 1 aromatic carbocycles. The van der Waals surface area contributed by atoms with E-state index in [9.17, 15) is 0 Å². The Morgan fingerprint density at radius 3 is 2.42 bits per heavy atom. The standard InChI is InChI=1S/C19H18N4O3/c1-19(2,3)18-22-17(26-23-18)12-24-14-7-9-15(10-8-14)25-16-6-4-5-13(11-20)21-16/h4-10H,12H2,1-3H3. The Labute approximate surface area is 151 Å². The second-order valence-corrected chi connectivity index (χ2v) is 6.60. The topological polar surface area (TPSA) is 94.1 Å². The lowest BCUT2D eigenvalue weighted by Gasteiger charge is -2.10. The number of aromatic nitrogens is 3. The third-order valence-electron chi connectivity index (χ3n) is 3.39. The lowest BCUT2D eigenvalue weighted by Crippen LogP contribution is -2.13. The Morgan fingerprint density at radius 1 is 1.04 bits per heavy atom. The summed E-state index contributed by atoms with van der Waals surface area (Å²) in [7, 11) is 0. The molecule has 132 valence electrons. The molecule has 0 bridgehead atoms. The van der Waals surface area contributed by atoms with Gasteiger partial charge in [0.2, 0.25) is 5.88 Å². The zero-order valence-corrected chi connectivity index (χ0v) is 14.8. The highest BCUT2D eigenvalue weighted by molar-refractivity contribution is 5.34. The van der Waals surface area contributed by atoms with Crippen LogP contribution in [0.2, 0.25) is 0 Å². The highest BCUT2D eigenvalue weighted by Crippen LogP contribution is 2.23. The Bertz CT molecular complexity index is 921. The summed E-state index contributed by atoms with van der Waals surface area (Å²) in [4.78, 5) is 8.39. The van der Waals surface area contributed by atoms with Crippen molar-refractivity contribution >= 4 is 0 Å². The maximum absolute atomic E-state index is 8.86. The first kappa shape index (κ1) is 17.4. The Hall–Kier alpha value is -3.40. The van der Waals surface area contributed by atoms with Crippen LogP contribution in [0.4, 0.5) is 0 Å². The molecule has 0 aliphatic carbocycles. The van der Waals surface area contributed by atoms with Gasteiger partial charge in [0.1, 0.15) is 23.3 Å². The molecule has 0 N–H and O–H groups in total. The molecule has 2 heterocycles. The highest BCUT2D eigenvalue weighted by Gasteiger charge is 2.21. The summed E-state index contributed by atoms with van der Waals surface area (Å²) in [6.07, 6.45) is 0. The molecule has 0 aliphatic rings. The predicted octanol–water partition coefficient (Wildman–Crippen LogP) is 4.01. The van der Waals surface area contributed by atoms with Crippen molar-refractivity contribution in [3.63, 3.8) is 0 Å². The van der Waals surface area contributed by atoms with Crippen molar-refractivity contribution in [3.8, 4) is 23.4 Å². The third-order valence-corrected chi connectivity index (χ3v) is 3.39. The van der Waals surface area contributed by atoms with Crippen molar-refractivity contribution < 1.29 is 14.0 Å². The van der Waals surface area contributed by atoms with Gasteiger partial charge in [-0.3, -0.25) is 0 Å². The molecule has 0 saturated heterocycles. The molecule has 0 unspecified atom stereocenters. The van der Waals surface area contributed by atoms with E-state index in [-0.39, 0.29) is 12.0 Å². The van der Waals surface area contributed by atoms with E-state index in [0.29, 0.717) is 34.8 Å². The summed E-state index contributed by atoms with van der Waals surface area (Å²) in [6.45, 7) is 6.24. The van der Waals surface area contributed by atoms with E-state index in [1.807, 2.05) is 26.8 Å². The average molecular weight is 350 g/mol. The minimum atomic E-state index is -0.169. The van der Waals surface area contributed by atoms with Gasteiger partial charge in [0, 0.05) is 11.5 Å². The van der Waals surface area contributed by atoms with E-state index in [1.54, 1.807) is 42.5 Å². The quantitative estimate of drug-likeness (QED) is 0.686. The average Bonchev–Trinajstić information content (AvgIpc) is 3.11. The summed E-state index contributed by atoms with van der Waals surface area (Å²) in [5.41, 5.74) is 0.133. The molecule has 0 spiro atoms. The Balaban J connectivity index is 1.59. The first-order chi connectivity index (χ1) is 12.4. The molecule has 0 radical (unpaired) electrons. The molecular formula is C19H18N4O3. The van der Waals surface area contributed by atoms with Crippen LogP contribution in [0, 0.1) is 11.3 Å². The van der Waals surface area contributed by atoms with E-state index >= 15 is 0 Å². The van der Waals surface area contributed by atoms with Crippen LogP contribution in [0.5, 0.6) is 17.4 Å². The van der Waals surface area contributed by atoms with Crippen molar-refractivity contribution in [2.24, 2.45) is 0 Å². The maximum atomic E-state index is 8.86. The molecule has 3 rings (SSSR count). The molecule has 7 heteroatoms. The number of nitriles is 1. The van der Waals surface area contributed by atoms with E-state index < -0.39 is 0 Å². The van der Waals surface area contributed by atoms with Gasteiger partial charge >= 0.3 is 0 Å². The molecule has 0 atom stereocenters. The van der Waals surface area contributed by atoms with Gasteiger partial charge in [-0.25, -0.2) is 4.98 Å². The second-order valence-electron chi connectivity index (χ2n) is 6.60. The molecule has 26 heavy (non-hydrogen) atoms. The fourth-order valence-corrected chi connectivity index (χ4v) is 2.02. The third kappa shape index (κ3) is 4.36. The van der Waals surface area contributed by atoms with Crippen LogP contribution in [0.15, 0.2) is 47.0 Å². The molecule has 0 aliphatic heterocycles. The van der Waals surface area contributed by atoms with Gasteiger partial charge in [0.15, 0.2) is 12.4 Å². The highest BCUT2D eigenvalue weighted by atomic mass is 16.5. The lowest BCUT2D eigenvalue weighted by molar-refractivity contribution is 0.241. The minimum absolute atomic E-state index is 0.169. The number of nitrogens with zero attached hydrogens (tertiary/aromatic N) is 4. The largest absolute Gasteiger partial charge is 0.484 e. The van der Waals surface area contributed by atoms with Gasteiger partial charge in [-0.2, -0.15) is 10.2 Å². The van der Waals surface area contributed by atoms with Crippen LogP contribution in [-0.2, 0) is 12.0 Å². The van der Waals surface area contributed by atoms with Crippen molar-refractivity contribution in [1.29, 1.82) is 5.26 Å². The maximum Gasteiger partial charge on any atom is 0.264 e. The van der Waals surface area contributed by atoms with Crippen LogP contribution in [0.1, 0.15) is 38.2 Å². The summed E-state index contributed by atoms with van der Waals surface area (Å²) >= 11 is 0. The second kappa shape index (κ2) is 7.23. The fraction of sp³-hybridized carbons (Fsp3) is 0.263. The molecule has 0 amide bonds. The predicted molar refractivity (Wildman–Crippen MR) is 92.8 cm³/mol. The van der Waals surface area contributed by atoms with Gasteiger partial charge in [-0.1, -0.05) is 32.0 Å². The number of hydrogen-bond donors (Lipinski definition) is 0. The summed E-state index contributed by atoms with van der Waals surface area (Å²) < 4.78 is 16.5. The van der Waals surface area contributed by atoms with Crippen LogP contribution in [0.25, 0.3) is 0 Å². The van der Waals surface area contributed by atoms with E-state index in [1.165, 1.54) is 0 Å². The SMILES string of the molecule is CC(C)(C)c1noc(COc2ccc(Oc3cccc(C#N)n3)cc2)n1. The molecule has 2 aromatic heterocycles. The molecular weight excluding hydrogens is 332 g/mol. The summed E-state index contributed by atoms with van der Waals surface area (Å²) in [6, 6.07) is 14.0. The Morgan fingerprint density at radius 2 is 1.77 bits per heavy atom. The van der Waals surface area contributed by atoms with Crippen LogP contribution in [-0.4, -0.2) is 15.1 Å². The number of ether oxygens (including phenoxy) is 2. The first-order valence-electron chi connectivity index (χ1n) is 8.05. The summed E-state index contributed by atoms with van der Waals surface area (Å²) in [5.74, 6) is 2.66. The lowest BCUT2D eigenvalue weighted by atomic mass is 9.96. The number of benzene rings is 1. The van der Waals surface area contributed by atoms with Crippen LogP contribution < -0.4 is 9.47 Å². The molecule has 0 saturated carbocycles. The van der Waals surface area contributed by atoms with Gasteiger partial charge in [0.05, 0.1) is 0 Å². The van der Waals surface area contributed by atoms with E-state index in [0.717, 1.165) is 0 Å². The van der Waals surface area contributed by atoms with Crippen molar-refractivity contribution in [3.05, 3.63) is 59.9 Å². The van der Waals surface area contributed by atoms with E-state index in [2.05, 4.69) is 15.1 Å². The van der Waals surface area contributed by atoms with Gasteiger partial charge in [-0.05, 0) is 30.3 Å². The van der Waals surface area contributed by atoms with Crippen molar-refractivity contribution in [2.45, 2.75) is 32.8 Å². The van der Waals surface area contributed by atoms with Gasteiger partial charge < -0.3 is 14.0 Å². The minimum Gasteiger partial charge on any atom is -0.484 e. The van der Waals surface area contributed by atoms with E-state index in [4.69, 9.17) is 19.3 Å². The zero-order chi connectivity index (χ0) is 18.6. The number of pyridine rings is 1. The molecule has 7 nitrogen and oxygen atoms in total. The first-order valence-corrected chi connectivity index (χ1v) is 8.05. The van der Waals surface area contributed by atoms with Crippen LogP contribution >= 0.6 is 0 Å². The normalized spacial score (nSPS) is 11.0. The zero-order valence-electron chi connectivity index (χ0n) is 14.8. The Kier molecular flexibility index (Phi) is 4.85. The van der Waals surface area contributed by atoms with Crippen molar-refractivity contribution in [2.75, 3.05) is 0 Å². The van der Waals surface area contributed by atoms with Crippen LogP contribution in [0.3, 0.4) is 0 Å². The summed E-state index contributed by atoms with van der Waals surface area (Å²) in [5, 5.41) is 12.8. The molecule has 0 fully saturated rings. The van der Waals surface area contributed by atoms with Crippen molar-refractivity contribution in [1.82, 2.24) is 15.1 Å². The van der Waals surface area contributed by atoms with Gasteiger partial charge in [-0.15, -0.1) is 0 Å². The number of hydrogen-bond acceptors (Lipinski definition) is 7. The fourth-order valence-electron chi connectivity index (χ4n) is 2.02. The van der Waals surface area contributed by atoms with Gasteiger partial charge in [0.25, 0.3) is 5.89 Å². The monoisotopic (exact) mass is 350 g/mol. The number of rotatable bonds is 5. The molecule has 3 aromatic rings.